The van der Waals surface area contributed by atoms with Crippen LogP contribution in [-0.2, 0) is 5.75 Å². The molecule has 3 N–H and O–H groups in total. The van der Waals surface area contributed by atoms with Crippen LogP contribution in [0.25, 0.3) is 5.65 Å². The first-order valence-electron chi connectivity index (χ1n) is 9.25. The molecule has 3 aromatic rings. The van der Waals surface area contributed by atoms with Gasteiger partial charge in [-0.15, -0.1) is 36.6 Å². The van der Waals surface area contributed by atoms with Crippen molar-refractivity contribution >= 4 is 48.1 Å². The summed E-state index contributed by atoms with van der Waals surface area (Å²) >= 11 is 1.71. The van der Waals surface area contributed by atoms with E-state index in [9.17, 15) is 4.79 Å². The Kier molecular flexibility index (Phi) is 8.00. The summed E-state index contributed by atoms with van der Waals surface area (Å²) in [5, 5.41) is 3.13. The van der Waals surface area contributed by atoms with Gasteiger partial charge in [0.15, 0.2) is 0 Å². The number of benzene rings is 1. The van der Waals surface area contributed by atoms with Gasteiger partial charge in [-0.1, -0.05) is 6.07 Å². The van der Waals surface area contributed by atoms with Crippen LogP contribution in [0.2, 0.25) is 0 Å². The van der Waals surface area contributed by atoms with Gasteiger partial charge in [0.1, 0.15) is 5.65 Å². The van der Waals surface area contributed by atoms with Crippen molar-refractivity contribution in [1.29, 1.82) is 0 Å². The highest BCUT2D eigenvalue weighted by molar-refractivity contribution is 7.98. The first-order valence-corrected chi connectivity index (χ1v) is 10.2. The number of rotatable bonds is 7. The lowest BCUT2D eigenvalue weighted by atomic mass is 9.95. The normalized spacial score (nSPS) is 15.1. The molecule has 1 atom stereocenters. The number of thioether (sulfide) groups is 1. The molecule has 0 radical (unpaired) electrons. The summed E-state index contributed by atoms with van der Waals surface area (Å²) in [6.45, 7) is 2.51. The van der Waals surface area contributed by atoms with E-state index in [2.05, 4.69) is 16.5 Å². The largest absolute Gasteiger partial charge is 0.345 e. The van der Waals surface area contributed by atoms with Crippen molar-refractivity contribution in [2.45, 2.75) is 36.0 Å². The fraction of sp³-hybridized carbons (Fsp3) is 0.333. The summed E-state index contributed by atoms with van der Waals surface area (Å²) in [7, 11) is 0. The van der Waals surface area contributed by atoms with E-state index in [1.54, 1.807) is 11.8 Å². The van der Waals surface area contributed by atoms with Gasteiger partial charge in [-0.2, -0.15) is 0 Å². The van der Waals surface area contributed by atoms with Gasteiger partial charge in [-0.25, -0.2) is 4.98 Å². The summed E-state index contributed by atoms with van der Waals surface area (Å²) in [4.78, 5) is 18.3. The first-order chi connectivity index (χ1) is 13.1. The fourth-order valence-corrected chi connectivity index (χ4v) is 4.07. The van der Waals surface area contributed by atoms with E-state index in [4.69, 9.17) is 5.73 Å². The number of halogens is 2. The minimum atomic E-state index is -0.298. The fourth-order valence-electron chi connectivity index (χ4n) is 3.29. The van der Waals surface area contributed by atoms with Gasteiger partial charge in [-0.05, 0) is 62.1 Å². The number of carbonyl (C=O) groups excluding carboxylic acids is 1. The van der Waals surface area contributed by atoms with Crippen LogP contribution < -0.4 is 11.1 Å². The first kappa shape index (κ1) is 23.5. The van der Waals surface area contributed by atoms with Gasteiger partial charge < -0.3 is 15.5 Å². The minimum Gasteiger partial charge on any atom is -0.345 e. The monoisotopic (exact) mass is 452 g/mol. The third kappa shape index (κ3) is 5.45. The second kappa shape index (κ2) is 9.85. The maximum atomic E-state index is 12.6. The molecule has 1 aromatic carbocycles. The third-order valence-corrected chi connectivity index (χ3v) is 6.26. The van der Waals surface area contributed by atoms with E-state index >= 15 is 0 Å². The molecule has 1 aliphatic carbocycles. The summed E-state index contributed by atoms with van der Waals surface area (Å²) in [6, 6.07) is 13.7. The topological polar surface area (TPSA) is 72.4 Å². The maximum absolute atomic E-state index is 12.6. The molecule has 0 aliphatic heterocycles. The Morgan fingerprint density at radius 2 is 1.97 bits per heavy atom. The highest BCUT2D eigenvalue weighted by atomic mass is 35.5. The second-order valence-corrected chi connectivity index (χ2v) is 8.41. The van der Waals surface area contributed by atoms with Crippen LogP contribution in [-0.4, -0.2) is 27.4 Å². The van der Waals surface area contributed by atoms with Crippen molar-refractivity contribution in [3.05, 3.63) is 66.1 Å². The number of imidazole rings is 1. The molecule has 0 saturated heterocycles. The number of carbonyl (C=O) groups is 1. The molecule has 5 nitrogen and oxygen atoms in total. The summed E-state index contributed by atoms with van der Waals surface area (Å²) in [5.41, 5.74) is 8.27. The van der Waals surface area contributed by atoms with Crippen molar-refractivity contribution in [2.24, 2.45) is 11.7 Å². The van der Waals surface area contributed by atoms with E-state index in [1.807, 2.05) is 60.0 Å². The van der Waals surface area contributed by atoms with E-state index in [1.165, 1.54) is 0 Å². The average molecular weight is 453 g/mol. The number of hydrogen-bond acceptors (Lipinski definition) is 4. The predicted octanol–water partition coefficient (Wildman–Crippen LogP) is 4.33. The Balaban J connectivity index is 0.00000150. The van der Waals surface area contributed by atoms with Gasteiger partial charge in [-0.3, -0.25) is 4.79 Å². The zero-order valence-corrected chi connectivity index (χ0v) is 18.7. The molecule has 1 amide bonds. The molecule has 2 heterocycles. The van der Waals surface area contributed by atoms with Crippen molar-refractivity contribution in [2.75, 3.05) is 6.54 Å². The van der Waals surface area contributed by atoms with E-state index in [0.717, 1.165) is 34.8 Å². The Morgan fingerprint density at radius 1 is 1.24 bits per heavy atom. The Labute approximate surface area is 187 Å². The number of nitrogens with one attached hydrogen (secondary N) is 1. The summed E-state index contributed by atoms with van der Waals surface area (Å²) < 4.78 is 2.03. The maximum Gasteiger partial charge on any atom is 0.251 e. The molecule has 29 heavy (non-hydrogen) atoms. The number of nitrogens with zero attached hydrogens (tertiary/aromatic N) is 2. The number of hydrogen-bond donors (Lipinski definition) is 2. The van der Waals surface area contributed by atoms with Gasteiger partial charge in [0.05, 0.1) is 11.2 Å². The molecule has 1 aliphatic rings. The zero-order chi connectivity index (χ0) is 18.9. The number of fused-ring (bicyclic) bond motifs is 1. The van der Waals surface area contributed by atoms with Crippen LogP contribution in [0.5, 0.6) is 0 Å². The highest BCUT2D eigenvalue weighted by Crippen LogP contribution is 2.39. The van der Waals surface area contributed by atoms with E-state index in [-0.39, 0.29) is 36.3 Å². The number of amides is 1. The quantitative estimate of drug-likeness (QED) is 0.523. The lowest BCUT2D eigenvalue weighted by molar-refractivity contribution is 0.0897. The predicted molar refractivity (Wildman–Crippen MR) is 123 cm³/mol. The smallest absolute Gasteiger partial charge is 0.251 e. The van der Waals surface area contributed by atoms with Crippen LogP contribution >= 0.6 is 36.6 Å². The van der Waals surface area contributed by atoms with Gasteiger partial charge in [0, 0.05) is 35.2 Å². The highest BCUT2D eigenvalue weighted by Gasteiger charge is 2.41. The molecule has 156 valence electrons. The van der Waals surface area contributed by atoms with Gasteiger partial charge in [0.2, 0.25) is 0 Å². The van der Waals surface area contributed by atoms with Gasteiger partial charge >= 0.3 is 0 Å². The average Bonchev–Trinajstić information content (AvgIpc) is 3.47. The van der Waals surface area contributed by atoms with E-state index < -0.39 is 0 Å². The lowest BCUT2D eigenvalue weighted by Gasteiger charge is -2.29. The van der Waals surface area contributed by atoms with Crippen LogP contribution in [0.3, 0.4) is 0 Å². The van der Waals surface area contributed by atoms with Crippen LogP contribution in [0.15, 0.2) is 59.8 Å². The summed E-state index contributed by atoms with van der Waals surface area (Å²) in [5.74, 6) is 1.25. The Hall–Kier alpha value is -1.73. The standard InChI is InChI=1S/C21H24N4OS.2ClH/c1-21(14-22,16-7-8-16)24-20(26)15-5-9-18(10-6-15)27-13-17-12-25-11-3-2-4-19(25)23-17;;/h2-6,9-12,16H,7-8,13-14,22H2,1H3,(H,24,26);2*1H. The van der Waals surface area contributed by atoms with Crippen LogP contribution in [0.4, 0.5) is 0 Å². The van der Waals surface area contributed by atoms with Crippen molar-refractivity contribution in [3.8, 4) is 0 Å². The molecule has 1 unspecified atom stereocenters. The molecule has 1 fully saturated rings. The molecule has 1 saturated carbocycles. The van der Waals surface area contributed by atoms with E-state index in [0.29, 0.717) is 18.0 Å². The Morgan fingerprint density at radius 3 is 2.59 bits per heavy atom. The van der Waals surface area contributed by atoms with Gasteiger partial charge in [0.25, 0.3) is 5.91 Å². The van der Waals surface area contributed by atoms with Crippen molar-refractivity contribution in [1.82, 2.24) is 14.7 Å². The third-order valence-electron chi connectivity index (χ3n) is 5.22. The van der Waals surface area contributed by atoms with Crippen molar-refractivity contribution < 1.29 is 4.79 Å². The molecule has 0 bridgehead atoms. The van der Waals surface area contributed by atoms with Crippen LogP contribution in [0, 0.1) is 5.92 Å². The zero-order valence-electron chi connectivity index (χ0n) is 16.2. The molecular weight excluding hydrogens is 427 g/mol. The van der Waals surface area contributed by atoms with Crippen molar-refractivity contribution in [3.63, 3.8) is 0 Å². The minimum absolute atomic E-state index is 0. The molecular formula is C21H26Cl2N4OS. The molecule has 2 aromatic heterocycles. The number of aromatic nitrogens is 2. The molecule has 4 rings (SSSR count). The molecule has 0 spiro atoms. The Bertz CT molecular complexity index is 926. The number of pyridine rings is 1. The molecule has 8 heteroatoms. The second-order valence-electron chi connectivity index (χ2n) is 7.36. The van der Waals surface area contributed by atoms with Crippen LogP contribution in [0.1, 0.15) is 35.8 Å². The SMILES string of the molecule is CC(CN)(NC(=O)c1ccc(SCc2cn3ccccc3n2)cc1)C1CC1.Cl.Cl. The lowest BCUT2D eigenvalue weighted by Crippen LogP contribution is -2.53. The number of nitrogens with two attached hydrogens (primary N) is 1. The summed E-state index contributed by atoms with van der Waals surface area (Å²) in [6.07, 6.45) is 6.34.